The summed E-state index contributed by atoms with van der Waals surface area (Å²) < 4.78 is 28.5. The third-order valence-corrected chi connectivity index (χ3v) is 12.1. The zero-order chi connectivity index (χ0) is 31.1. The van der Waals surface area contributed by atoms with Crippen LogP contribution in [0.4, 0.5) is 4.39 Å². The van der Waals surface area contributed by atoms with Gasteiger partial charge in [-0.15, -0.1) is 0 Å². The number of Topliss-reactive ketones (excluding diaryl/α,β-unsaturated/α-hetero) is 1. The normalized spacial score (nSPS) is 37.7. The van der Waals surface area contributed by atoms with Crippen LogP contribution < -0.4 is 15.4 Å². The smallest absolute Gasteiger partial charge is 0.256 e. The molecule has 10 atom stereocenters. The molecule has 2 saturated heterocycles. The molecule has 0 radical (unpaired) electrons. The van der Waals surface area contributed by atoms with Gasteiger partial charge in [-0.05, 0) is 94.6 Å². The highest BCUT2D eigenvalue weighted by Crippen LogP contribution is 2.50. The lowest BCUT2D eigenvalue weighted by atomic mass is 9.65. The maximum Gasteiger partial charge on any atom is 0.256 e. The number of ether oxygens (including phenoxy) is 2. The Balaban J connectivity index is 1.11. The van der Waals surface area contributed by atoms with Crippen molar-refractivity contribution < 1.29 is 23.5 Å². The Kier molecular flexibility index (Phi) is 9.21. The van der Waals surface area contributed by atoms with Gasteiger partial charge in [-0.1, -0.05) is 37.8 Å². The van der Waals surface area contributed by atoms with Crippen LogP contribution in [0, 0.1) is 17.8 Å². The molecule has 6 aliphatic rings. The van der Waals surface area contributed by atoms with E-state index in [-0.39, 0.29) is 41.9 Å². The number of carbonyl (C=O) groups is 2. The van der Waals surface area contributed by atoms with Crippen molar-refractivity contribution in [2.45, 2.75) is 113 Å². The highest BCUT2D eigenvalue weighted by molar-refractivity contribution is 6.20. The molecule has 7 rings (SSSR count). The van der Waals surface area contributed by atoms with Gasteiger partial charge in [-0.3, -0.25) is 9.59 Å². The fraction of sp³-hybridized carbons (Fsp3) is 0.722. The molecule has 3 saturated carbocycles. The second-order valence-electron chi connectivity index (χ2n) is 14.6. The molecule has 1 aromatic rings. The summed E-state index contributed by atoms with van der Waals surface area (Å²) in [6, 6.07) is 7.79. The lowest BCUT2D eigenvalue weighted by Gasteiger charge is -2.61. The van der Waals surface area contributed by atoms with Crippen molar-refractivity contribution in [2.75, 3.05) is 33.8 Å². The standard InChI is InChI=1S/C36H51FN4O4/c1-40-16-6-10-25(40)13-15-39-36(43)28-21-41-30-18-23-8-3-4-9-24(23)19-31(30)45-35-32(29(37)20-27(33(35)41)34(28)42)38-14-12-22-7-5-11-26(17-22)44-2/h5,7,11,17,21,23-25,27,29-33,35,38H,3-4,6,8-10,12-16,18-20H2,1-2H3,(H,39,43). The lowest BCUT2D eigenvalue weighted by Crippen LogP contribution is -2.73. The van der Waals surface area contributed by atoms with Crippen LogP contribution in [0.2, 0.25) is 0 Å². The summed E-state index contributed by atoms with van der Waals surface area (Å²) in [5.74, 6) is 0.994. The van der Waals surface area contributed by atoms with Crippen LogP contribution in [0.15, 0.2) is 36.0 Å². The highest BCUT2D eigenvalue weighted by atomic mass is 19.1. The summed E-state index contributed by atoms with van der Waals surface area (Å²) in [5, 5.41) is 6.58. The predicted octanol–water partition coefficient (Wildman–Crippen LogP) is 4.03. The number of nitrogens with zero attached hydrogens (tertiary/aromatic N) is 2. The van der Waals surface area contributed by atoms with Crippen LogP contribution in [-0.2, 0) is 20.7 Å². The summed E-state index contributed by atoms with van der Waals surface area (Å²) >= 11 is 0. The van der Waals surface area contributed by atoms with Crippen LogP contribution in [0.5, 0.6) is 5.75 Å². The number of hydrogen-bond donors (Lipinski definition) is 2. The largest absolute Gasteiger partial charge is 0.497 e. The molecule has 8 nitrogen and oxygen atoms in total. The molecule has 3 aliphatic carbocycles. The second kappa shape index (κ2) is 13.3. The Morgan fingerprint density at radius 3 is 2.69 bits per heavy atom. The van der Waals surface area contributed by atoms with Crippen LogP contribution in [0.1, 0.15) is 69.8 Å². The minimum absolute atomic E-state index is 0.0223. The van der Waals surface area contributed by atoms with E-state index in [1.54, 1.807) is 7.11 Å². The van der Waals surface area contributed by atoms with Crippen molar-refractivity contribution in [3.05, 3.63) is 41.6 Å². The number of hydrogen-bond acceptors (Lipinski definition) is 7. The first-order valence-electron chi connectivity index (χ1n) is 17.6. The van der Waals surface area contributed by atoms with Crippen molar-refractivity contribution >= 4 is 11.7 Å². The van der Waals surface area contributed by atoms with Gasteiger partial charge < -0.3 is 29.9 Å². The van der Waals surface area contributed by atoms with Gasteiger partial charge >= 0.3 is 0 Å². The number of rotatable bonds is 9. The van der Waals surface area contributed by atoms with E-state index in [9.17, 15) is 9.59 Å². The number of methoxy groups -OCH3 is 1. The molecule has 0 aromatic heterocycles. The number of morpholine rings is 1. The molecular weight excluding hydrogens is 571 g/mol. The Labute approximate surface area is 267 Å². The Morgan fingerprint density at radius 2 is 1.91 bits per heavy atom. The van der Waals surface area contributed by atoms with Crippen LogP contribution in [0.25, 0.3) is 0 Å². The van der Waals surface area contributed by atoms with E-state index in [0.29, 0.717) is 31.0 Å². The quantitative estimate of drug-likeness (QED) is 0.403. The Morgan fingerprint density at radius 1 is 1.09 bits per heavy atom. The molecule has 10 unspecified atom stereocenters. The monoisotopic (exact) mass is 622 g/mol. The van der Waals surface area contributed by atoms with Gasteiger partial charge in [-0.25, -0.2) is 4.39 Å². The van der Waals surface area contributed by atoms with E-state index in [2.05, 4.69) is 33.5 Å². The van der Waals surface area contributed by atoms with Crippen LogP contribution >= 0.6 is 0 Å². The number of ketones is 1. The van der Waals surface area contributed by atoms with E-state index >= 15 is 4.39 Å². The van der Waals surface area contributed by atoms with Gasteiger partial charge in [0.25, 0.3) is 5.91 Å². The van der Waals surface area contributed by atoms with Crippen LogP contribution in [-0.4, -0.2) is 97.8 Å². The molecule has 0 spiro atoms. The first-order chi connectivity index (χ1) is 21.9. The molecule has 5 fully saturated rings. The first kappa shape index (κ1) is 31.1. The summed E-state index contributed by atoms with van der Waals surface area (Å²) in [4.78, 5) is 32.2. The fourth-order valence-electron chi connectivity index (χ4n) is 9.70. The summed E-state index contributed by atoms with van der Waals surface area (Å²) in [5.41, 5.74) is 1.33. The molecule has 0 bridgehead atoms. The Hall–Kier alpha value is -2.49. The van der Waals surface area contributed by atoms with Gasteiger partial charge in [0, 0.05) is 24.7 Å². The van der Waals surface area contributed by atoms with Gasteiger partial charge in [0.05, 0.1) is 43.0 Å². The second-order valence-corrected chi connectivity index (χ2v) is 14.6. The summed E-state index contributed by atoms with van der Waals surface area (Å²) in [6.07, 6.45) is 11.2. The number of nitrogens with one attached hydrogen (secondary N) is 2. The third-order valence-electron chi connectivity index (χ3n) is 12.1. The molecular formula is C36H51FN4O4. The summed E-state index contributed by atoms with van der Waals surface area (Å²) in [7, 11) is 3.80. The minimum atomic E-state index is -1.24. The van der Waals surface area contributed by atoms with Gasteiger partial charge in [-0.2, -0.15) is 0 Å². The van der Waals surface area contributed by atoms with E-state index in [4.69, 9.17) is 9.47 Å². The number of likely N-dealkylation sites (tertiary alicyclic amines) is 1. The maximum absolute atomic E-state index is 16.2. The molecule has 246 valence electrons. The molecule has 3 aliphatic heterocycles. The topological polar surface area (TPSA) is 83.1 Å². The van der Waals surface area contributed by atoms with Gasteiger partial charge in [0.2, 0.25) is 0 Å². The molecule has 1 amide bonds. The SMILES string of the molecule is COc1cccc(CCNC2C(F)CC3C(=O)C(C(=O)NCCC4CCCN4C)=CN4C5CC6CCCCC6CC5OC2C34)c1. The number of halogens is 1. The van der Waals surface area contributed by atoms with Crippen molar-refractivity contribution in [2.24, 2.45) is 17.8 Å². The zero-order valence-electron chi connectivity index (χ0n) is 27.0. The number of fused-ring (bicyclic) bond motifs is 3. The fourth-order valence-corrected chi connectivity index (χ4v) is 9.70. The van der Waals surface area contributed by atoms with Crippen molar-refractivity contribution in [3.63, 3.8) is 0 Å². The van der Waals surface area contributed by atoms with Gasteiger partial charge in [0.15, 0.2) is 5.78 Å². The minimum Gasteiger partial charge on any atom is -0.497 e. The lowest BCUT2D eigenvalue weighted by molar-refractivity contribution is -0.208. The molecule has 3 heterocycles. The zero-order valence-corrected chi connectivity index (χ0v) is 27.0. The number of amides is 1. The first-order valence-corrected chi connectivity index (χ1v) is 17.6. The average Bonchev–Trinajstić information content (AvgIpc) is 3.46. The van der Waals surface area contributed by atoms with Crippen molar-refractivity contribution in [1.82, 2.24) is 20.4 Å². The van der Waals surface area contributed by atoms with Crippen LogP contribution in [0.3, 0.4) is 0 Å². The molecule has 9 heteroatoms. The maximum atomic E-state index is 16.2. The molecule has 45 heavy (non-hydrogen) atoms. The number of alkyl halides is 1. The predicted molar refractivity (Wildman–Crippen MR) is 171 cm³/mol. The average molecular weight is 623 g/mol. The number of carbonyl (C=O) groups excluding carboxylic acids is 2. The summed E-state index contributed by atoms with van der Waals surface area (Å²) in [6.45, 7) is 2.23. The van der Waals surface area contributed by atoms with E-state index < -0.39 is 24.2 Å². The highest BCUT2D eigenvalue weighted by Gasteiger charge is 2.59. The Bertz CT molecular complexity index is 1280. The van der Waals surface area contributed by atoms with E-state index in [0.717, 1.165) is 50.0 Å². The number of benzene rings is 1. The van der Waals surface area contributed by atoms with Crippen molar-refractivity contribution in [1.29, 1.82) is 0 Å². The van der Waals surface area contributed by atoms with Crippen molar-refractivity contribution in [3.8, 4) is 5.75 Å². The molecule has 1 aromatic carbocycles. The third kappa shape index (κ3) is 6.17. The van der Waals surface area contributed by atoms with E-state index in [1.807, 2.05) is 24.4 Å². The van der Waals surface area contributed by atoms with Gasteiger partial charge in [0.1, 0.15) is 11.9 Å². The van der Waals surface area contributed by atoms with E-state index in [1.165, 1.54) is 32.1 Å². The molecule has 2 N–H and O–H groups in total.